The lowest BCUT2D eigenvalue weighted by atomic mass is 10.2. The minimum absolute atomic E-state index is 0.365. The SMILES string of the molecule is C=CCOc1ccc(C[NH+](C)[C@H](C)C(=O)NC(=O)OC)cc1. The summed E-state index contributed by atoms with van der Waals surface area (Å²) in [5.41, 5.74) is 1.07. The maximum atomic E-state index is 11.9. The smallest absolute Gasteiger partial charge is 0.413 e. The maximum absolute atomic E-state index is 11.9. The molecular weight excluding hydrogens is 284 g/mol. The molecule has 1 rings (SSSR count). The van der Waals surface area contributed by atoms with Crippen molar-refractivity contribution in [2.45, 2.75) is 19.5 Å². The van der Waals surface area contributed by atoms with E-state index in [1.54, 1.807) is 13.0 Å². The van der Waals surface area contributed by atoms with E-state index in [0.717, 1.165) is 16.2 Å². The molecule has 6 nitrogen and oxygen atoms in total. The largest absolute Gasteiger partial charge is 0.490 e. The lowest BCUT2D eigenvalue weighted by molar-refractivity contribution is -0.908. The zero-order valence-electron chi connectivity index (χ0n) is 13.2. The number of hydrogen-bond acceptors (Lipinski definition) is 4. The van der Waals surface area contributed by atoms with Gasteiger partial charge in [-0.1, -0.05) is 12.7 Å². The number of hydrogen-bond donors (Lipinski definition) is 2. The van der Waals surface area contributed by atoms with Gasteiger partial charge >= 0.3 is 6.09 Å². The van der Waals surface area contributed by atoms with E-state index in [4.69, 9.17) is 4.74 Å². The first-order valence-electron chi connectivity index (χ1n) is 7.01. The van der Waals surface area contributed by atoms with E-state index in [9.17, 15) is 9.59 Å². The number of likely N-dealkylation sites (N-methyl/N-ethyl adjacent to an activating group) is 1. The van der Waals surface area contributed by atoms with Gasteiger partial charge in [-0.15, -0.1) is 0 Å². The first-order valence-corrected chi connectivity index (χ1v) is 7.01. The van der Waals surface area contributed by atoms with Gasteiger partial charge in [-0.3, -0.25) is 10.1 Å². The molecule has 2 N–H and O–H groups in total. The molecule has 0 bridgehead atoms. The number of ether oxygens (including phenoxy) is 2. The van der Waals surface area contributed by atoms with E-state index in [1.165, 1.54) is 7.11 Å². The minimum Gasteiger partial charge on any atom is -0.490 e. The Bertz CT molecular complexity index is 513. The van der Waals surface area contributed by atoms with Crippen molar-refractivity contribution in [1.29, 1.82) is 0 Å². The van der Waals surface area contributed by atoms with Gasteiger partial charge in [-0.25, -0.2) is 4.79 Å². The van der Waals surface area contributed by atoms with Crippen LogP contribution in [0.5, 0.6) is 5.75 Å². The Morgan fingerprint density at radius 1 is 1.36 bits per heavy atom. The van der Waals surface area contributed by atoms with Crippen LogP contribution in [0, 0.1) is 0 Å². The Morgan fingerprint density at radius 2 is 2.00 bits per heavy atom. The highest BCUT2D eigenvalue weighted by Gasteiger charge is 2.23. The summed E-state index contributed by atoms with van der Waals surface area (Å²) in [6, 6.07) is 7.28. The number of methoxy groups -OCH3 is 1. The molecule has 0 aromatic heterocycles. The molecule has 0 saturated carbocycles. The second kappa shape index (κ2) is 8.84. The average Bonchev–Trinajstić information content (AvgIpc) is 2.53. The molecule has 120 valence electrons. The van der Waals surface area contributed by atoms with Gasteiger partial charge < -0.3 is 14.4 Å². The second-order valence-corrected chi connectivity index (χ2v) is 4.97. The molecule has 0 heterocycles. The average molecular weight is 307 g/mol. The predicted molar refractivity (Wildman–Crippen MR) is 82.7 cm³/mol. The van der Waals surface area contributed by atoms with Crippen molar-refractivity contribution in [2.24, 2.45) is 0 Å². The van der Waals surface area contributed by atoms with Crippen LogP contribution in [0.25, 0.3) is 0 Å². The highest BCUT2D eigenvalue weighted by molar-refractivity contribution is 5.93. The molecule has 0 aliphatic rings. The molecule has 2 atom stereocenters. The molecule has 6 heteroatoms. The quantitative estimate of drug-likeness (QED) is 0.721. The Morgan fingerprint density at radius 3 is 2.55 bits per heavy atom. The van der Waals surface area contributed by atoms with Crippen molar-refractivity contribution < 1.29 is 24.0 Å². The third kappa shape index (κ3) is 5.57. The molecular formula is C16H23N2O4+. The molecule has 0 saturated heterocycles. The van der Waals surface area contributed by atoms with Gasteiger partial charge in [0, 0.05) is 5.56 Å². The van der Waals surface area contributed by atoms with Gasteiger partial charge in [-0.2, -0.15) is 0 Å². The lowest BCUT2D eigenvalue weighted by Crippen LogP contribution is -3.12. The zero-order valence-corrected chi connectivity index (χ0v) is 13.2. The van der Waals surface area contributed by atoms with Gasteiger partial charge in [0.25, 0.3) is 5.91 Å². The molecule has 22 heavy (non-hydrogen) atoms. The molecule has 0 aliphatic carbocycles. The van der Waals surface area contributed by atoms with E-state index >= 15 is 0 Å². The minimum atomic E-state index is -0.742. The summed E-state index contributed by atoms with van der Waals surface area (Å²) in [5, 5.41) is 2.18. The van der Waals surface area contributed by atoms with Gasteiger partial charge in [0.05, 0.1) is 14.2 Å². The number of carbonyl (C=O) groups excluding carboxylic acids is 2. The summed E-state index contributed by atoms with van der Waals surface area (Å²) in [6.45, 7) is 6.47. The normalized spacial score (nSPS) is 12.9. The summed E-state index contributed by atoms with van der Waals surface area (Å²) < 4.78 is 9.83. The lowest BCUT2D eigenvalue weighted by Gasteiger charge is -2.20. The van der Waals surface area contributed by atoms with Crippen LogP contribution >= 0.6 is 0 Å². The fourth-order valence-corrected chi connectivity index (χ4v) is 1.82. The number of carbonyl (C=O) groups is 2. The Kier molecular flexibility index (Phi) is 7.12. The van der Waals surface area contributed by atoms with Crippen LogP contribution in [0.2, 0.25) is 0 Å². The molecule has 2 amide bonds. The van der Waals surface area contributed by atoms with E-state index in [-0.39, 0.29) is 11.9 Å². The topological polar surface area (TPSA) is 69.1 Å². The van der Waals surface area contributed by atoms with Gasteiger partial charge in [0.15, 0.2) is 6.04 Å². The molecule has 0 aliphatic heterocycles. The van der Waals surface area contributed by atoms with Crippen molar-refractivity contribution in [3.05, 3.63) is 42.5 Å². The van der Waals surface area contributed by atoms with Crippen LogP contribution < -0.4 is 15.0 Å². The van der Waals surface area contributed by atoms with Crippen LogP contribution in [-0.4, -0.2) is 38.8 Å². The number of quaternary nitrogens is 1. The summed E-state index contributed by atoms with van der Waals surface area (Å²) in [6.07, 6.45) is 0.946. The summed E-state index contributed by atoms with van der Waals surface area (Å²) in [5.74, 6) is 0.410. The molecule has 0 radical (unpaired) electrons. The molecule has 1 aromatic carbocycles. The van der Waals surface area contributed by atoms with Gasteiger partial charge in [0.1, 0.15) is 18.9 Å². The fourth-order valence-electron chi connectivity index (χ4n) is 1.82. The molecule has 0 fully saturated rings. The zero-order chi connectivity index (χ0) is 16.5. The van der Waals surface area contributed by atoms with Crippen LogP contribution in [0.3, 0.4) is 0 Å². The third-order valence-corrected chi connectivity index (χ3v) is 3.32. The van der Waals surface area contributed by atoms with Crippen molar-refractivity contribution >= 4 is 12.0 Å². The Hall–Kier alpha value is -2.34. The summed E-state index contributed by atoms with van der Waals surface area (Å²) in [4.78, 5) is 23.9. The van der Waals surface area contributed by atoms with E-state index in [1.807, 2.05) is 31.3 Å². The van der Waals surface area contributed by atoms with Crippen molar-refractivity contribution in [2.75, 3.05) is 20.8 Å². The first-order chi connectivity index (χ1) is 10.5. The standard InChI is InChI=1S/C16H22N2O4/c1-5-10-22-14-8-6-13(7-9-14)11-18(3)12(2)15(19)17-16(20)21-4/h5-9,12H,1,10-11H2,2-4H3,(H,17,19,20)/p+1/t12-/m1/s1. The highest BCUT2D eigenvalue weighted by atomic mass is 16.5. The Labute approximate surface area is 130 Å². The van der Waals surface area contributed by atoms with Crippen molar-refractivity contribution in [1.82, 2.24) is 5.32 Å². The van der Waals surface area contributed by atoms with Crippen LogP contribution in [-0.2, 0) is 16.1 Å². The maximum Gasteiger partial charge on any atom is 0.413 e. The van der Waals surface area contributed by atoms with Gasteiger partial charge in [-0.05, 0) is 31.2 Å². The molecule has 1 unspecified atom stereocenters. The third-order valence-electron chi connectivity index (χ3n) is 3.32. The summed E-state index contributed by atoms with van der Waals surface area (Å²) in [7, 11) is 3.11. The molecule has 1 aromatic rings. The number of alkyl carbamates (subject to hydrolysis) is 1. The van der Waals surface area contributed by atoms with E-state index in [0.29, 0.717) is 13.2 Å². The molecule has 0 spiro atoms. The van der Waals surface area contributed by atoms with E-state index < -0.39 is 6.09 Å². The van der Waals surface area contributed by atoms with Crippen molar-refractivity contribution in [3.8, 4) is 5.75 Å². The van der Waals surface area contributed by atoms with Crippen LogP contribution in [0.4, 0.5) is 4.79 Å². The van der Waals surface area contributed by atoms with Gasteiger partial charge in [0.2, 0.25) is 0 Å². The number of rotatable bonds is 7. The van der Waals surface area contributed by atoms with E-state index in [2.05, 4.69) is 16.6 Å². The first kappa shape index (κ1) is 17.7. The Balaban J connectivity index is 2.56. The number of imide groups is 1. The number of nitrogens with one attached hydrogen (secondary N) is 2. The summed E-state index contributed by atoms with van der Waals surface area (Å²) >= 11 is 0. The monoisotopic (exact) mass is 307 g/mol. The second-order valence-electron chi connectivity index (χ2n) is 4.97. The number of amides is 2. The highest BCUT2D eigenvalue weighted by Crippen LogP contribution is 2.11. The fraction of sp³-hybridized carbons (Fsp3) is 0.375. The number of benzene rings is 1. The van der Waals surface area contributed by atoms with Crippen molar-refractivity contribution in [3.63, 3.8) is 0 Å². The van der Waals surface area contributed by atoms with Crippen LogP contribution in [0.15, 0.2) is 36.9 Å². The predicted octanol–water partition coefficient (Wildman–Crippen LogP) is 0.537. The van der Waals surface area contributed by atoms with Crippen LogP contribution in [0.1, 0.15) is 12.5 Å².